The van der Waals surface area contributed by atoms with E-state index in [2.05, 4.69) is 20.6 Å². The van der Waals surface area contributed by atoms with Crippen molar-refractivity contribution in [2.75, 3.05) is 11.9 Å². The minimum Gasteiger partial charge on any atom is -0.355 e. The Labute approximate surface area is 116 Å². The molecule has 104 valence electrons. The minimum atomic E-state index is -0.160. The van der Waals surface area contributed by atoms with Gasteiger partial charge >= 0.3 is 0 Å². The Bertz CT molecular complexity index is 667. The Morgan fingerprint density at radius 1 is 1.45 bits per heavy atom. The first-order valence-corrected chi connectivity index (χ1v) is 6.66. The SMILES string of the molecule is Cc1nc2ccc(NC(=O)C3CCC(=O)NC3)cc2[nH]1. The summed E-state index contributed by atoms with van der Waals surface area (Å²) < 4.78 is 0. The van der Waals surface area contributed by atoms with Gasteiger partial charge in [-0.2, -0.15) is 0 Å². The van der Waals surface area contributed by atoms with Crippen molar-refractivity contribution >= 4 is 28.5 Å². The van der Waals surface area contributed by atoms with E-state index in [1.165, 1.54) is 0 Å². The number of nitrogens with one attached hydrogen (secondary N) is 3. The molecule has 1 atom stereocenters. The van der Waals surface area contributed by atoms with Crippen LogP contribution in [0.25, 0.3) is 11.0 Å². The number of hydrogen-bond donors (Lipinski definition) is 3. The third kappa shape index (κ3) is 2.49. The van der Waals surface area contributed by atoms with Crippen LogP contribution in [-0.2, 0) is 9.59 Å². The molecule has 1 unspecified atom stereocenters. The number of imidazole rings is 1. The lowest BCUT2D eigenvalue weighted by Crippen LogP contribution is -2.40. The average Bonchev–Trinajstić information content (AvgIpc) is 2.78. The van der Waals surface area contributed by atoms with Crippen LogP contribution in [0.3, 0.4) is 0 Å². The quantitative estimate of drug-likeness (QED) is 0.771. The van der Waals surface area contributed by atoms with Crippen molar-refractivity contribution in [3.05, 3.63) is 24.0 Å². The van der Waals surface area contributed by atoms with Crippen LogP contribution in [0.2, 0.25) is 0 Å². The number of aromatic amines is 1. The molecule has 1 saturated heterocycles. The first kappa shape index (κ1) is 12.7. The fourth-order valence-corrected chi connectivity index (χ4v) is 2.42. The molecular weight excluding hydrogens is 256 g/mol. The van der Waals surface area contributed by atoms with Gasteiger partial charge in [0.25, 0.3) is 0 Å². The van der Waals surface area contributed by atoms with Gasteiger partial charge in [0.1, 0.15) is 5.82 Å². The number of H-pyrrole nitrogens is 1. The number of nitrogens with zero attached hydrogens (tertiary/aromatic N) is 1. The molecule has 20 heavy (non-hydrogen) atoms. The highest BCUT2D eigenvalue weighted by molar-refractivity contribution is 5.95. The standard InChI is InChI=1S/C14H16N4O2/c1-8-16-11-4-3-10(6-12(11)17-8)18-14(20)9-2-5-13(19)15-7-9/h3-4,6,9H,2,5,7H2,1H3,(H,15,19)(H,16,17)(H,18,20). The maximum Gasteiger partial charge on any atom is 0.229 e. The summed E-state index contributed by atoms with van der Waals surface area (Å²) in [5, 5.41) is 5.61. The Kier molecular flexibility index (Phi) is 3.14. The Morgan fingerprint density at radius 2 is 2.30 bits per heavy atom. The van der Waals surface area contributed by atoms with Crippen molar-refractivity contribution in [3.8, 4) is 0 Å². The largest absolute Gasteiger partial charge is 0.355 e. The van der Waals surface area contributed by atoms with E-state index in [1.807, 2.05) is 25.1 Å². The van der Waals surface area contributed by atoms with E-state index >= 15 is 0 Å². The summed E-state index contributed by atoms with van der Waals surface area (Å²) in [7, 11) is 0. The van der Waals surface area contributed by atoms with Crippen LogP contribution in [0.15, 0.2) is 18.2 Å². The molecule has 2 heterocycles. The molecule has 0 saturated carbocycles. The summed E-state index contributed by atoms with van der Waals surface area (Å²) in [5.74, 6) is 0.648. The van der Waals surface area contributed by atoms with Gasteiger partial charge in [0.2, 0.25) is 11.8 Å². The first-order valence-electron chi connectivity index (χ1n) is 6.66. The van der Waals surface area contributed by atoms with Crippen LogP contribution < -0.4 is 10.6 Å². The lowest BCUT2D eigenvalue weighted by Gasteiger charge is -2.21. The number of hydrogen-bond acceptors (Lipinski definition) is 3. The summed E-state index contributed by atoms with van der Waals surface area (Å²) in [6.07, 6.45) is 1.01. The van der Waals surface area contributed by atoms with Gasteiger partial charge in [-0.1, -0.05) is 0 Å². The van der Waals surface area contributed by atoms with E-state index in [-0.39, 0.29) is 17.7 Å². The molecule has 0 spiro atoms. The zero-order valence-corrected chi connectivity index (χ0v) is 11.2. The second-order valence-corrected chi connectivity index (χ2v) is 5.08. The summed E-state index contributed by atoms with van der Waals surface area (Å²) in [6, 6.07) is 5.58. The second kappa shape index (κ2) is 4.96. The second-order valence-electron chi connectivity index (χ2n) is 5.08. The molecule has 3 rings (SSSR count). The van der Waals surface area contributed by atoms with Crippen LogP contribution in [0, 0.1) is 12.8 Å². The zero-order valence-electron chi connectivity index (χ0n) is 11.2. The summed E-state index contributed by atoms with van der Waals surface area (Å²) in [4.78, 5) is 30.7. The molecule has 2 amide bonds. The number of rotatable bonds is 2. The monoisotopic (exact) mass is 272 g/mol. The number of anilines is 1. The van der Waals surface area contributed by atoms with Gasteiger partial charge in [-0.3, -0.25) is 9.59 Å². The molecule has 6 nitrogen and oxygen atoms in total. The number of aromatic nitrogens is 2. The molecule has 1 aliphatic heterocycles. The Balaban J connectivity index is 1.72. The van der Waals surface area contributed by atoms with Crippen molar-refractivity contribution in [1.29, 1.82) is 0 Å². The normalized spacial score (nSPS) is 18.9. The van der Waals surface area contributed by atoms with Crippen molar-refractivity contribution in [2.24, 2.45) is 5.92 Å². The summed E-state index contributed by atoms with van der Waals surface area (Å²) in [5.41, 5.74) is 2.52. The van der Waals surface area contributed by atoms with Crippen LogP contribution in [0.5, 0.6) is 0 Å². The van der Waals surface area contributed by atoms with Crippen LogP contribution in [0.4, 0.5) is 5.69 Å². The average molecular weight is 272 g/mol. The topological polar surface area (TPSA) is 86.9 Å². The fourth-order valence-electron chi connectivity index (χ4n) is 2.42. The van der Waals surface area contributed by atoms with Crippen LogP contribution in [0.1, 0.15) is 18.7 Å². The molecule has 0 bridgehead atoms. The maximum absolute atomic E-state index is 12.1. The molecule has 0 aliphatic carbocycles. The maximum atomic E-state index is 12.1. The van der Waals surface area contributed by atoms with E-state index in [4.69, 9.17) is 0 Å². The molecule has 3 N–H and O–H groups in total. The molecule has 1 aromatic carbocycles. The molecule has 1 fully saturated rings. The third-order valence-corrected chi connectivity index (χ3v) is 3.50. The van der Waals surface area contributed by atoms with Gasteiger partial charge in [-0.25, -0.2) is 4.98 Å². The number of carbonyl (C=O) groups is 2. The van der Waals surface area contributed by atoms with Gasteiger partial charge in [0.15, 0.2) is 0 Å². The number of fused-ring (bicyclic) bond motifs is 1. The van der Waals surface area contributed by atoms with Gasteiger partial charge in [0.05, 0.1) is 17.0 Å². The van der Waals surface area contributed by atoms with Crippen molar-refractivity contribution in [3.63, 3.8) is 0 Å². The molecule has 1 aromatic heterocycles. The van der Waals surface area contributed by atoms with E-state index in [9.17, 15) is 9.59 Å². The highest BCUT2D eigenvalue weighted by Gasteiger charge is 2.24. The molecular formula is C14H16N4O2. The predicted molar refractivity (Wildman–Crippen MR) is 75.2 cm³/mol. The van der Waals surface area contributed by atoms with Gasteiger partial charge < -0.3 is 15.6 Å². The van der Waals surface area contributed by atoms with Crippen LogP contribution in [-0.4, -0.2) is 28.3 Å². The molecule has 6 heteroatoms. The number of amides is 2. The number of aryl methyl sites for hydroxylation is 1. The van der Waals surface area contributed by atoms with Gasteiger partial charge in [-0.15, -0.1) is 0 Å². The van der Waals surface area contributed by atoms with Gasteiger partial charge in [-0.05, 0) is 31.5 Å². The number of benzene rings is 1. The molecule has 0 radical (unpaired) electrons. The van der Waals surface area contributed by atoms with Crippen molar-refractivity contribution in [1.82, 2.24) is 15.3 Å². The van der Waals surface area contributed by atoms with E-state index in [0.717, 1.165) is 22.5 Å². The molecule has 1 aliphatic rings. The number of carbonyl (C=O) groups excluding carboxylic acids is 2. The highest BCUT2D eigenvalue weighted by atomic mass is 16.2. The van der Waals surface area contributed by atoms with E-state index in [1.54, 1.807) is 0 Å². The first-order chi connectivity index (χ1) is 9.61. The smallest absolute Gasteiger partial charge is 0.229 e. The third-order valence-electron chi connectivity index (χ3n) is 3.50. The minimum absolute atomic E-state index is 0.0170. The Morgan fingerprint density at radius 3 is 3.05 bits per heavy atom. The lowest BCUT2D eigenvalue weighted by atomic mass is 9.98. The fraction of sp³-hybridized carbons (Fsp3) is 0.357. The molecule has 2 aromatic rings. The number of piperidine rings is 1. The predicted octanol–water partition coefficient (Wildman–Crippen LogP) is 1.34. The van der Waals surface area contributed by atoms with Gasteiger partial charge in [0, 0.05) is 18.7 Å². The highest BCUT2D eigenvalue weighted by Crippen LogP contribution is 2.19. The van der Waals surface area contributed by atoms with E-state index in [0.29, 0.717) is 19.4 Å². The van der Waals surface area contributed by atoms with Crippen molar-refractivity contribution < 1.29 is 9.59 Å². The van der Waals surface area contributed by atoms with E-state index < -0.39 is 0 Å². The summed E-state index contributed by atoms with van der Waals surface area (Å²) >= 11 is 0. The zero-order chi connectivity index (χ0) is 14.1. The lowest BCUT2D eigenvalue weighted by molar-refractivity contribution is -0.126. The Hall–Kier alpha value is -2.37. The van der Waals surface area contributed by atoms with Crippen LogP contribution >= 0.6 is 0 Å². The summed E-state index contributed by atoms with van der Waals surface area (Å²) in [6.45, 7) is 2.30. The van der Waals surface area contributed by atoms with Crippen molar-refractivity contribution in [2.45, 2.75) is 19.8 Å².